The summed E-state index contributed by atoms with van der Waals surface area (Å²) in [6.07, 6.45) is 0. The quantitative estimate of drug-likeness (QED) is 0.761. The Balaban J connectivity index is 1.83. The molecule has 0 radical (unpaired) electrons. The van der Waals surface area contributed by atoms with Gasteiger partial charge in [-0.05, 0) is 52.4 Å². The third-order valence-electron chi connectivity index (χ3n) is 2.74. The van der Waals surface area contributed by atoms with E-state index in [-0.39, 0.29) is 5.91 Å². The van der Waals surface area contributed by atoms with Crippen LogP contribution in [0, 0.1) is 14.9 Å². The Bertz CT molecular complexity index is 682. The summed E-state index contributed by atoms with van der Waals surface area (Å²) in [5.41, 5.74) is 2.44. The average Bonchev–Trinajstić information content (AvgIpc) is 2.47. The van der Waals surface area contributed by atoms with E-state index in [1.807, 2.05) is 42.5 Å². The third-order valence-corrected chi connectivity index (χ3v) is 4.39. The Morgan fingerprint density at radius 2 is 2.05 bits per heavy atom. The van der Waals surface area contributed by atoms with Gasteiger partial charge in [-0.3, -0.25) is 4.79 Å². The first-order chi connectivity index (χ1) is 10.2. The van der Waals surface area contributed by atoms with Crippen molar-refractivity contribution in [3.8, 4) is 6.07 Å². The van der Waals surface area contributed by atoms with Gasteiger partial charge in [-0.25, -0.2) is 0 Å². The largest absolute Gasteiger partial charge is 0.325 e. The number of anilines is 1. The normalized spacial score (nSPS) is 9.90. The molecule has 0 bridgehead atoms. The maximum absolute atomic E-state index is 11.9. The fourth-order valence-corrected chi connectivity index (χ4v) is 3.15. The van der Waals surface area contributed by atoms with Crippen molar-refractivity contribution in [3.05, 3.63) is 63.2 Å². The first-order valence-corrected chi connectivity index (χ1v) is 8.53. The number of carbonyl (C=O) groups excluding carboxylic acids is 1. The molecule has 2 aromatic rings. The smallest absolute Gasteiger partial charge is 0.234 e. The van der Waals surface area contributed by atoms with Crippen molar-refractivity contribution < 1.29 is 4.79 Å². The van der Waals surface area contributed by atoms with Crippen molar-refractivity contribution in [2.75, 3.05) is 11.1 Å². The molecule has 0 atom stereocenters. The summed E-state index contributed by atoms with van der Waals surface area (Å²) in [4.78, 5) is 11.9. The minimum absolute atomic E-state index is 0.0311. The fourth-order valence-electron chi connectivity index (χ4n) is 1.77. The van der Waals surface area contributed by atoms with Crippen molar-refractivity contribution in [1.29, 1.82) is 5.26 Å². The lowest BCUT2D eigenvalue weighted by Crippen LogP contribution is -2.14. The summed E-state index contributed by atoms with van der Waals surface area (Å²) in [6.45, 7) is 0. The number of hydrogen-bond donors (Lipinski definition) is 1. The van der Waals surface area contributed by atoms with Gasteiger partial charge in [0.25, 0.3) is 0 Å². The van der Waals surface area contributed by atoms with Crippen LogP contribution in [0.3, 0.4) is 0 Å². The predicted molar refractivity (Wildman–Crippen MR) is 95.1 cm³/mol. The highest BCUT2D eigenvalue weighted by Gasteiger charge is 2.05. The number of halogens is 1. The summed E-state index contributed by atoms with van der Waals surface area (Å²) in [7, 11) is 0. The first kappa shape index (κ1) is 15.9. The Morgan fingerprint density at radius 1 is 1.24 bits per heavy atom. The Morgan fingerprint density at radius 3 is 2.81 bits per heavy atom. The van der Waals surface area contributed by atoms with Crippen LogP contribution in [-0.2, 0) is 10.5 Å². The fraction of sp³-hybridized carbons (Fsp3) is 0.125. The van der Waals surface area contributed by atoms with E-state index in [0.717, 1.165) is 14.8 Å². The van der Waals surface area contributed by atoms with Crippen molar-refractivity contribution in [3.63, 3.8) is 0 Å². The number of hydrogen-bond acceptors (Lipinski definition) is 3. The van der Waals surface area contributed by atoms with E-state index in [0.29, 0.717) is 17.1 Å². The van der Waals surface area contributed by atoms with E-state index in [2.05, 4.69) is 34.0 Å². The maximum atomic E-state index is 11.9. The second-order valence-electron chi connectivity index (χ2n) is 4.32. The molecular weight excluding hydrogens is 395 g/mol. The first-order valence-electron chi connectivity index (χ1n) is 6.30. The monoisotopic (exact) mass is 408 g/mol. The standard InChI is InChI=1S/C16H13IN2OS/c17-14-6-3-7-15(8-14)19-16(20)11-21-10-13-5-2-1-4-12(13)9-18/h1-8H,10-11H2,(H,19,20). The third kappa shape index (κ3) is 5.06. The van der Waals surface area contributed by atoms with Gasteiger partial charge in [0.05, 0.1) is 17.4 Å². The molecule has 0 saturated carbocycles. The second kappa shape index (κ2) is 8.05. The van der Waals surface area contributed by atoms with E-state index in [4.69, 9.17) is 5.26 Å². The number of carbonyl (C=O) groups is 1. The van der Waals surface area contributed by atoms with Crippen LogP contribution in [0.1, 0.15) is 11.1 Å². The predicted octanol–water partition coefficient (Wildman–Crippen LogP) is 4.03. The van der Waals surface area contributed by atoms with E-state index >= 15 is 0 Å². The van der Waals surface area contributed by atoms with Crippen molar-refractivity contribution >= 4 is 45.9 Å². The Kier molecular flexibility index (Phi) is 6.08. The van der Waals surface area contributed by atoms with Gasteiger partial charge < -0.3 is 5.32 Å². The molecule has 0 aliphatic heterocycles. The van der Waals surface area contributed by atoms with Crippen LogP contribution in [0.5, 0.6) is 0 Å². The molecule has 0 heterocycles. The van der Waals surface area contributed by atoms with Crippen molar-refractivity contribution in [2.45, 2.75) is 5.75 Å². The molecule has 21 heavy (non-hydrogen) atoms. The van der Waals surface area contributed by atoms with Gasteiger partial charge in [0.1, 0.15) is 0 Å². The van der Waals surface area contributed by atoms with Gasteiger partial charge in [0.2, 0.25) is 5.91 Å². The molecule has 0 unspecified atom stereocenters. The molecule has 1 amide bonds. The van der Waals surface area contributed by atoms with Crippen molar-refractivity contribution in [1.82, 2.24) is 0 Å². The molecule has 0 spiro atoms. The van der Waals surface area contributed by atoms with Crippen LogP contribution >= 0.6 is 34.4 Å². The van der Waals surface area contributed by atoms with E-state index in [1.165, 1.54) is 11.8 Å². The zero-order valence-electron chi connectivity index (χ0n) is 11.2. The number of benzene rings is 2. The van der Waals surface area contributed by atoms with Crippen LogP contribution in [-0.4, -0.2) is 11.7 Å². The molecule has 0 aliphatic carbocycles. The average molecular weight is 408 g/mol. The van der Waals surface area contributed by atoms with E-state index in [9.17, 15) is 4.79 Å². The van der Waals surface area contributed by atoms with E-state index < -0.39 is 0 Å². The number of rotatable bonds is 5. The lowest BCUT2D eigenvalue weighted by atomic mass is 10.1. The second-order valence-corrected chi connectivity index (χ2v) is 6.55. The van der Waals surface area contributed by atoms with Crippen LogP contribution < -0.4 is 5.32 Å². The summed E-state index contributed by atoms with van der Waals surface area (Å²) in [5.74, 6) is 0.991. The molecule has 2 rings (SSSR count). The highest BCUT2D eigenvalue weighted by Crippen LogP contribution is 2.17. The van der Waals surface area contributed by atoms with Crippen LogP contribution in [0.25, 0.3) is 0 Å². The minimum atomic E-state index is -0.0311. The highest BCUT2D eigenvalue weighted by atomic mass is 127. The SMILES string of the molecule is N#Cc1ccccc1CSCC(=O)Nc1cccc(I)c1. The lowest BCUT2D eigenvalue weighted by molar-refractivity contribution is -0.113. The topological polar surface area (TPSA) is 52.9 Å². The van der Waals surface area contributed by atoms with Gasteiger partial charge >= 0.3 is 0 Å². The van der Waals surface area contributed by atoms with Gasteiger partial charge in [0, 0.05) is 15.0 Å². The summed E-state index contributed by atoms with van der Waals surface area (Å²) in [5, 5.41) is 11.9. The lowest BCUT2D eigenvalue weighted by Gasteiger charge is -2.06. The number of amides is 1. The number of nitrogens with one attached hydrogen (secondary N) is 1. The molecule has 106 valence electrons. The molecule has 5 heteroatoms. The van der Waals surface area contributed by atoms with Gasteiger partial charge in [-0.2, -0.15) is 5.26 Å². The van der Waals surface area contributed by atoms with Crippen LogP contribution in [0.2, 0.25) is 0 Å². The van der Waals surface area contributed by atoms with Crippen molar-refractivity contribution in [2.24, 2.45) is 0 Å². The maximum Gasteiger partial charge on any atom is 0.234 e. The van der Waals surface area contributed by atoms with Gasteiger partial charge in [-0.15, -0.1) is 11.8 Å². The summed E-state index contributed by atoms with van der Waals surface area (Å²) in [6, 6.07) is 17.3. The summed E-state index contributed by atoms with van der Waals surface area (Å²) < 4.78 is 1.08. The number of thioether (sulfide) groups is 1. The molecule has 1 N–H and O–H groups in total. The molecule has 3 nitrogen and oxygen atoms in total. The zero-order chi connectivity index (χ0) is 15.1. The Labute approximate surface area is 141 Å². The minimum Gasteiger partial charge on any atom is -0.325 e. The molecule has 0 fully saturated rings. The highest BCUT2D eigenvalue weighted by molar-refractivity contribution is 14.1. The van der Waals surface area contributed by atoms with E-state index in [1.54, 1.807) is 6.07 Å². The van der Waals surface area contributed by atoms with Crippen LogP contribution in [0.4, 0.5) is 5.69 Å². The summed E-state index contributed by atoms with van der Waals surface area (Å²) >= 11 is 3.71. The molecule has 2 aromatic carbocycles. The number of nitrogens with zero attached hydrogens (tertiary/aromatic N) is 1. The molecular formula is C16H13IN2OS. The number of nitriles is 1. The molecule has 0 saturated heterocycles. The van der Waals surface area contributed by atoms with Crippen LogP contribution in [0.15, 0.2) is 48.5 Å². The zero-order valence-corrected chi connectivity index (χ0v) is 14.1. The Hall–Kier alpha value is -1.52. The van der Waals surface area contributed by atoms with Gasteiger partial charge in [0.15, 0.2) is 0 Å². The molecule has 0 aromatic heterocycles. The van der Waals surface area contributed by atoms with Gasteiger partial charge in [-0.1, -0.05) is 24.3 Å². The molecule has 0 aliphatic rings.